The van der Waals surface area contributed by atoms with Gasteiger partial charge in [0.1, 0.15) is 0 Å². The molecule has 3 heterocycles. The minimum absolute atomic E-state index is 0.0110. The van der Waals surface area contributed by atoms with Crippen LogP contribution < -0.4 is 5.73 Å². The van der Waals surface area contributed by atoms with Crippen molar-refractivity contribution in [1.82, 2.24) is 14.8 Å². The summed E-state index contributed by atoms with van der Waals surface area (Å²) in [6.07, 6.45) is 1.37. The third kappa shape index (κ3) is 3.36. The molecule has 0 spiro atoms. The van der Waals surface area contributed by atoms with Gasteiger partial charge in [-0.1, -0.05) is 0 Å². The first-order chi connectivity index (χ1) is 13.2. The predicted molar refractivity (Wildman–Crippen MR) is 101 cm³/mol. The monoisotopic (exact) mass is 406 g/mol. The lowest BCUT2D eigenvalue weighted by atomic mass is 10.1. The van der Waals surface area contributed by atoms with E-state index in [1.807, 2.05) is 0 Å². The minimum Gasteiger partial charge on any atom is -0.449 e. The maximum atomic E-state index is 12.8. The maximum absolute atomic E-state index is 12.8. The number of hydrogen-bond donors (Lipinski definition) is 1. The number of hydrogen-bond acceptors (Lipinski definition) is 7. The van der Waals surface area contributed by atoms with Crippen molar-refractivity contribution < 1.29 is 22.7 Å². The van der Waals surface area contributed by atoms with Crippen LogP contribution in [0.4, 0.5) is 0 Å². The Morgan fingerprint density at radius 2 is 2.04 bits per heavy atom. The summed E-state index contributed by atoms with van der Waals surface area (Å²) < 4.78 is 30.7. The summed E-state index contributed by atoms with van der Waals surface area (Å²) >= 11 is 0. The normalized spacial score (nSPS) is 22.3. The van der Waals surface area contributed by atoms with E-state index in [1.54, 1.807) is 17.7 Å². The van der Waals surface area contributed by atoms with Gasteiger partial charge in [0.15, 0.2) is 21.6 Å². The standard InChI is InChI=1S/C18H22N4O5S/c1-9-15-13(18(24)27-10(2)16(19)23)7-14(11-3-4-11)20-17(15)22(21-9)12-5-6-28(25,26)8-12/h7,10-12H,3-6,8H2,1-2H3,(H2,19,23)/t10-,12+/m0/s1. The molecule has 2 atom stereocenters. The first-order valence-corrected chi connectivity index (χ1v) is 11.1. The first kappa shape index (κ1) is 18.9. The molecule has 1 saturated heterocycles. The van der Waals surface area contributed by atoms with Crippen LogP contribution in [-0.2, 0) is 19.4 Å². The van der Waals surface area contributed by atoms with Crippen LogP contribution in [0, 0.1) is 6.92 Å². The lowest BCUT2D eigenvalue weighted by Gasteiger charge is -2.13. The molecule has 1 aliphatic carbocycles. The number of ether oxygens (including phenoxy) is 1. The fraction of sp³-hybridized carbons (Fsp3) is 0.556. The van der Waals surface area contributed by atoms with E-state index in [2.05, 4.69) is 5.10 Å². The van der Waals surface area contributed by atoms with Crippen molar-refractivity contribution in [3.63, 3.8) is 0 Å². The lowest BCUT2D eigenvalue weighted by Crippen LogP contribution is -2.30. The smallest absolute Gasteiger partial charge is 0.339 e. The molecule has 2 N–H and O–H groups in total. The van der Waals surface area contributed by atoms with E-state index in [1.165, 1.54) is 6.92 Å². The summed E-state index contributed by atoms with van der Waals surface area (Å²) in [5, 5.41) is 5.03. The zero-order valence-electron chi connectivity index (χ0n) is 15.7. The van der Waals surface area contributed by atoms with E-state index in [-0.39, 0.29) is 29.0 Å². The highest BCUT2D eigenvalue weighted by Gasteiger charge is 2.34. The zero-order chi connectivity index (χ0) is 20.2. The number of primary amides is 1. The molecule has 2 aromatic heterocycles. The molecule has 0 radical (unpaired) electrons. The third-order valence-electron chi connectivity index (χ3n) is 5.31. The van der Waals surface area contributed by atoms with Crippen LogP contribution in [0.2, 0.25) is 0 Å². The third-order valence-corrected chi connectivity index (χ3v) is 7.06. The molecule has 0 unspecified atom stereocenters. The Hall–Kier alpha value is -2.49. The van der Waals surface area contributed by atoms with Crippen LogP contribution in [0.3, 0.4) is 0 Å². The van der Waals surface area contributed by atoms with Crippen molar-refractivity contribution in [1.29, 1.82) is 0 Å². The Labute approximate surface area is 162 Å². The molecule has 9 nitrogen and oxygen atoms in total. The number of rotatable bonds is 5. The number of sulfone groups is 1. The summed E-state index contributed by atoms with van der Waals surface area (Å²) in [6, 6.07) is 1.39. The molecule has 2 fully saturated rings. The molecule has 1 amide bonds. The second-order valence-corrected chi connectivity index (χ2v) is 9.83. The van der Waals surface area contributed by atoms with Gasteiger partial charge in [-0.2, -0.15) is 5.10 Å². The summed E-state index contributed by atoms with van der Waals surface area (Å²) in [4.78, 5) is 28.8. The molecule has 1 saturated carbocycles. The van der Waals surface area contributed by atoms with Crippen LogP contribution >= 0.6 is 0 Å². The lowest BCUT2D eigenvalue weighted by molar-refractivity contribution is -0.125. The number of esters is 1. The quantitative estimate of drug-likeness (QED) is 0.732. The molecular weight excluding hydrogens is 384 g/mol. The summed E-state index contributed by atoms with van der Waals surface area (Å²) in [5.74, 6) is -1.00. The number of aryl methyl sites for hydroxylation is 1. The Morgan fingerprint density at radius 1 is 1.32 bits per heavy atom. The van der Waals surface area contributed by atoms with E-state index in [0.29, 0.717) is 23.1 Å². The fourth-order valence-electron chi connectivity index (χ4n) is 3.59. The largest absolute Gasteiger partial charge is 0.449 e. The average Bonchev–Trinajstić information content (AvgIpc) is 3.34. The van der Waals surface area contributed by atoms with Crippen LogP contribution in [0.15, 0.2) is 6.07 Å². The van der Waals surface area contributed by atoms with Gasteiger partial charge in [-0.15, -0.1) is 0 Å². The number of fused-ring (bicyclic) bond motifs is 1. The number of carbonyl (C=O) groups is 2. The highest BCUT2D eigenvalue weighted by Crippen LogP contribution is 2.41. The van der Waals surface area contributed by atoms with Gasteiger partial charge >= 0.3 is 5.97 Å². The van der Waals surface area contributed by atoms with E-state index in [9.17, 15) is 18.0 Å². The molecule has 28 heavy (non-hydrogen) atoms. The molecular formula is C18H22N4O5S. The van der Waals surface area contributed by atoms with Crippen LogP contribution in [0.5, 0.6) is 0 Å². The van der Waals surface area contributed by atoms with Crippen molar-refractivity contribution in [2.24, 2.45) is 5.73 Å². The van der Waals surface area contributed by atoms with Crippen molar-refractivity contribution in [2.75, 3.05) is 11.5 Å². The van der Waals surface area contributed by atoms with Gasteiger partial charge < -0.3 is 10.5 Å². The van der Waals surface area contributed by atoms with Crippen molar-refractivity contribution in [2.45, 2.75) is 51.2 Å². The van der Waals surface area contributed by atoms with Gasteiger partial charge in [-0.05, 0) is 39.2 Å². The number of pyridine rings is 1. The van der Waals surface area contributed by atoms with Gasteiger partial charge in [0, 0.05) is 11.6 Å². The number of carbonyl (C=O) groups excluding carboxylic acids is 2. The summed E-state index contributed by atoms with van der Waals surface area (Å²) in [7, 11) is -3.10. The predicted octanol–water partition coefficient (Wildman–Crippen LogP) is 1.01. The van der Waals surface area contributed by atoms with Crippen molar-refractivity contribution in [3.05, 3.63) is 23.0 Å². The Morgan fingerprint density at radius 3 is 2.61 bits per heavy atom. The first-order valence-electron chi connectivity index (χ1n) is 9.27. The SMILES string of the molecule is Cc1nn([C@@H]2CCS(=O)(=O)C2)c2nc(C3CC3)cc(C(=O)O[C@@H](C)C(N)=O)c12. The number of nitrogens with zero attached hydrogens (tertiary/aromatic N) is 3. The van der Waals surface area contributed by atoms with E-state index >= 15 is 0 Å². The molecule has 10 heteroatoms. The molecule has 150 valence electrons. The number of aromatic nitrogens is 3. The van der Waals surface area contributed by atoms with Crippen LogP contribution in [0.25, 0.3) is 11.0 Å². The highest BCUT2D eigenvalue weighted by molar-refractivity contribution is 7.91. The minimum atomic E-state index is -3.10. The van der Waals surface area contributed by atoms with Gasteiger partial charge in [0.05, 0.1) is 34.2 Å². The number of amides is 1. The molecule has 2 aromatic rings. The van der Waals surface area contributed by atoms with Crippen molar-refractivity contribution >= 4 is 32.7 Å². The van der Waals surface area contributed by atoms with Crippen LogP contribution in [-0.4, -0.2) is 52.7 Å². The summed E-state index contributed by atoms with van der Waals surface area (Å²) in [6.45, 7) is 3.16. The van der Waals surface area contributed by atoms with E-state index in [4.69, 9.17) is 15.5 Å². The van der Waals surface area contributed by atoms with E-state index in [0.717, 1.165) is 18.5 Å². The van der Waals surface area contributed by atoms with Gasteiger partial charge in [-0.25, -0.2) is 22.9 Å². The van der Waals surface area contributed by atoms with Gasteiger partial charge in [0.25, 0.3) is 5.91 Å². The molecule has 2 aliphatic rings. The Bertz CT molecular complexity index is 1090. The molecule has 1 aliphatic heterocycles. The molecule has 0 aromatic carbocycles. The Balaban J connectivity index is 1.83. The zero-order valence-corrected chi connectivity index (χ0v) is 16.5. The molecule has 0 bridgehead atoms. The van der Waals surface area contributed by atoms with Gasteiger partial charge in [0.2, 0.25) is 0 Å². The van der Waals surface area contributed by atoms with Crippen LogP contribution in [0.1, 0.15) is 59.9 Å². The Kier molecular flexibility index (Phi) is 4.40. The molecule has 4 rings (SSSR count). The number of nitrogens with two attached hydrogens (primary N) is 1. The highest BCUT2D eigenvalue weighted by atomic mass is 32.2. The van der Waals surface area contributed by atoms with Crippen molar-refractivity contribution in [3.8, 4) is 0 Å². The van der Waals surface area contributed by atoms with E-state index < -0.39 is 27.8 Å². The van der Waals surface area contributed by atoms with Gasteiger partial charge in [-0.3, -0.25) is 4.79 Å². The second kappa shape index (κ2) is 6.54. The summed E-state index contributed by atoms with van der Waals surface area (Å²) in [5.41, 5.74) is 7.29. The maximum Gasteiger partial charge on any atom is 0.339 e. The second-order valence-electron chi connectivity index (χ2n) is 7.60. The fourth-order valence-corrected chi connectivity index (χ4v) is 5.28. The average molecular weight is 406 g/mol. The topological polar surface area (TPSA) is 134 Å².